The van der Waals surface area contributed by atoms with Gasteiger partial charge in [0.2, 0.25) is 0 Å². The van der Waals surface area contributed by atoms with Crippen LogP contribution in [0, 0.1) is 5.82 Å². The summed E-state index contributed by atoms with van der Waals surface area (Å²) in [7, 11) is 0. The molecule has 0 saturated heterocycles. The molecule has 0 aliphatic carbocycles. The van der Waals surface area contributed by atoms with Crippen LogP contribution < -0.4 is 5.32 Å². The molecular weight excluding hydrogens is 181 g/mol. The number of aliphatic hydroxyl groups excluding tert-OH is 1. The highest BCUT2D eigenvalue weighted by Crippen LogP contribution is 2.12. The highest BCUT2D eigenvalue weighted by Gasteiger charge is 2.06. The first-order chi connectivity index (χ1) is 6.74. The molecule has 2 nitrogen and oxygen atoms in total. The van der Waals surface area contributed by atoms with Crippen molar-refractivity contribution >= 4 is 0 Å². The van der Waals surface area contributed by atoms with Gasteiger partial charge in [-0.2, -0.15) is 0 Å². The van der Waals surface area contributed by atoms with Crippen molar-refractivity contribution in [2.45, 2.75) is 6.10 Å². The highest BCUT2D eigenvalue weighted by molar-refractivity contribution is 5.18. The summed E-state index contributed by atoms with van der Waals surface area (Å²) >= 11 is 0. The molecule has 1 atom stereocenters. The minimum Gasteiger partial charge on any atom is -0.387 e. The van der Waals surface area contributed by atoms with Crippen LogP contribution in [0.25, 0.3) is 0 Å². The van der Waals surface area contributed by atoms with E-state index in [-0.39, 0.29) is 5.82 Å². The molecule has 1 aromatic carbocycles. The van der Waals surface area contributed by atoms with Gasteiger partial charge in [-0.15, -0.1) is 6.58 Å². The second-order valence-corrected chi connectivity index (χ2v) is 3.02. The van der Waals surface area contributed by atoms with Crippen LogP contribution in [0.3, 0.4) is 0 Å². The summed E-state index contributed by atoms with van der Waals surface area (Å²) in [5, 5.41) is 12.6. The van der Waals surface area contributed by atoms with E-state index in [1.165, 1.54) is 12.1 Å². The van der Waals surface area contributed by atoms with Gasteiger partial charge >= 0.3 is 0 Å². The lowest BCUT2D eigenvalue weighted by atomic mass is 10.1. The Morgan fingerprint density at radius 2 is 2.36 bits per heavy atom. The van der Waals surface area contributed by atoms with Crippen molar-refractivity contribution < 1.29 is 9.50 Å². The van der Waals surface area contributed by atoms with E-state index in [0.29, 0.717) is 18.7 Å². The van der Waals surface area contributed by atoms with Crippen molar-refractivity contribution in [1.82, 2.24) is 5.32 Å². The monoisotopic (exact) mass is 195 g/mol. The lowest BCUT2D eigenvalue weighted by molar-refractivity contribution is 0.176. The normalized spacial score (nSPS) is 12.4. The minimum absolute atomic E-state index is 0.328. The van der Waals surface area contributed by atoms with E-state index >= 15 is 0 Å². The van der Waals surface area contributed by atoms with E-state index in [4.69, 9.17) is 0 Å². The lowest BCUT2D eigenvalue weighted by Crippen LogP contribution is -2.21. The third-order valence-electron chi connectivity index (χ3n) is 1.86. The van der Waals surface area contributed by atoms with Crippen LogP contribution in [0.4, 0.5) is 4.39 Å². The van der Waals surface area contributed by atoms with Crippen LogP contribution >= 0.6 is 0 Å². The van der Waals surface area contributed by atoms with Crippen LogP contribution in [0.2, 0.25) is 0 Å². The van der Waals surface area contributed by atoms with Gasteiger partial charge in [0.15, 0.2) is 0 Å². The lowest BCUT2D eigenvalue weighted by Gasteiger charge is -2.10. The van der Waals surface area contributed by atoms with E-state index in [0.717, 1.165) is 0 Å². The molecule has 0 spiro atoms. The first-order valence-electron chi connectivity index (χ1n) is 4.49. The molecule has 0 aliphatic heterocycles. The van der Waals surface area contributed by atoms with Gasteiger partial charge in [-0.25, -0.2) is 4.39 Å². The molecule has 0 aromatic heterocycles. The van der Waals surface area contributed by atoms with Gasteiger partial charge in [0.25, 0.3) is 0 Å². The Labute approximate surface area is 83.1 Å². The fraction of sp³-hybridized carbons (Fsp3) is 0.273. The maximum atomic E-state index is 12.8. The largest absolute Gasteiger partial charge is 0.387 e. The number of benzene rings is 1. The number of nitrogens with one attached hydrogen (secondary N) is 1. The fourth-order valence-corrected chi connectivity index (χ4v) is 1.15. The van der Waals surface area contributed by atoms with Crippen LogP contribution in [0.1, 0.15) is 11.7 Å². The average molecular weight is 195 g/mol. The molecule has 2 N–H and O–H groups in total. The zero-order valence-electron chi connectivity index (χ0n) is 7.91. The van der Waals surface area contributed by atoms with Crippen molar-refractivity contribution in [1.29, 1.82) is 0 Å². The Bertz CT molecular complexity index is 301. The molecular formula is C11H14FNO. The summed E-state index contributed by atoms with van der Waals surface area (Å²) in [6, 6.07) is 5.97. The molecule has 1 aromatic rings. The highest BCUT2D eigenvalue weighted by atomic mass is 19.1. The van der Waals surface area contributed by atoms with Crippen molar-refractivity contribution in [3.8, 4) is 0 Å². The molecule has 0 heterocycles. The van der Waals surface area contributed by atoms with Crippen LogP contribution in [-0.2, 0) is 0 Å². The summed E-state index contributed by atoms with van der Waals surface area (Å²) < 4.78 is 12.8. The van der Waals surface area contributed by atoms with Gasteiger partial charge in [-0.1, -0.05) is 18.2 Å². The van der Waals surface area contributed by atoms with Gasteiger partial charge < -0.3 is 10.4 Å². The van der Waals surface area contributed by atoms with Crippen molar-refractivity contribution in [3.05, 3.63) is 48.3 Å². The van der Waals surface area contributed by atoms with Gasteiger partial charge in [-0.3, -0.25) is 0 Å². The maximum absolute atomic E-state index is 12.8. The second-order valence-electron chi connectivity index (χ2n) is 3.02. The molecule has 0 fully saturated rings. The fourth-order valence-electron chi connectivity index (χ4n) is 1.15. The molecule has 0 saturated carbocycles. The Morgan fingerprint density at radius 1 is 1.57 bits per heavy atom. The number of rotatable bonds is 5. The predicted octanol–water partition coefficient (Wildman–Crippen LogP) is 1.63. The average Bonchev–Trinajstić information content (AvgIpc) is 2.18. The Kier molecular flexibility index (Phi) is 4.29. The number of halogens is 1. The third kappa shape index (κ3) is 3.28. The minimum atomic E-state index is -0.675. The Hall–Kier alpha value is -1.19. The molecule has 3 heteroatoms. The van der Waals surface area contributed by atoms with Crippen molar-refractivity contribution in [2.24, 2.45) is 0 Å². The number of hydrogen-bond donors (Lipinski definition) is 2. The van der Waals surface area contributed by atoms with Crippen molar-refractivity contribution in [2.75, 3.05) is 13.1 Å². The SMILES string of the molecule is C=CCNC[C@@H](O)c1cccc(F)c1. The quantitative estimate of drug-likeness (QED) is 0.553. The number of aliphatic hydroxyl groups is 1. The molecule has 1 rings (SSSR count). The van der Waals surface area contributed by atoms with E-state index < -0.39 is 6.10 Å². The first kappa shape index (κ1) is 10.9. The summed E-state index contributed by atoms with van der Waals surface area (Å²) in [4.78, 5) is 0. The smallest absolute Gasteiger partial charge is 0.123 e. The Morgan fingerprint density at radius 3 is 3.00 bits per heavy atom. The van der Waals surface area contributed by atoms with Gasteiger partial charge in [-0.05, 0) is 17.7 Å². The van der Waals surface area contributed by atoms with E-state index in [1.807, 2.05) is 0 Å². The standard InChI is InChI=1S/C11H14FNO/c1-2-6-13-8-11(14)9-4-3-5-10(12)7-9/h2-5,7,11,13-14H,1,6,8H2/t11-/m1/s1. The van der Waals surface area contributed by atoms with E-state index in [1.54, 1.807) is 18.2 Å². The van der Waals surface area contributed by atoms with Gasteiger partial charge in [0, 0.05) is 13.1 Å². The third-order valence-corrected chi connectivity index (χ3v) is 1.86. The van der Waals surface area contributed by atoms with Crippen molar-refractivity contribution in [3.63, 3.8) is 0 Å². The summed E-state index contributed by atoms with van der Waals surface area (Å²) in [6.45, 7) is 4.57. The van der Waals surface area contributed by atoms with Crippen LogP contribution in [0.5, 0.6) is 0 Å². The summed E-state index contributed by atoms with van der Waals surface area (Å²) in [5.41, 5.74) is 0.585. The maximum Gasteiger partial charge on any atom is 0.123 e. The summed E-state index contributed by atoms with van der Waals surface area (Å²) in [5.74, 6) is -0.328. The topological polar surface area (TPSA) is 32.3 Å². The predicted molar refractivity (Wildman–Crippen MR) is 54.4 cm³/mol. The Balaban J connectivity index is 2.51. The van der Waals surface area contributed by atoms with Crippen LogP contribution in [-0.4, -0.2) is 18.2 Å². The molecule has 76 valence electrons. The summed E-state index contributed by atoms with van der Waals surface area (Å²) in [6.07, 6.45) is 1.03. The second kappa shape index (κ2) is 5.52. The molecule has 14 heavy (non-hydrogen) atoms. The molecule has 0 amide bonds. The zero-order valence-corrected chi connectivity index (χ0v) is 7.91. The number of hydrogen-bond acceptors (Lipinski definition) is 2. The molecule has 0 aliphatic rings. The van der Waals surface area contributed by atoms with E-state index in [9.17, 15) is 9.50 Å². The first-order valence-corrected chi connectivity index (χ1v) is 4.49. The van der Waals surface area contributed by atoms with Gasteiger partial charge in [0.05, 0.1) is 6.10 Å². The van der Waals surface area contributed by atoms with E-state index in [2.05, 4.69) is 11.9 Å². The molecule has 0 unspecified atom stereocenters. The molecule has 0 bridgehead atoms. The van der Waals surface area contributed by atoms with Gasteiger partial charge in [0.1, 0.15) is 5.82 Å². The molecule has 0 radical (unpaired) electrons. The zero-order chi connectivity index (χ0) is 10.4. The van der Waals surface area contributed by atoms with Crippen LogP contribution in [0.15, 0.2) is 36.9 Å².